The standard InChI is InChI=1S/C34H50N4/c1(11-22-35-27-31-16-7-5-8-17-31)3-13-24-37-29-33-20-15-21-34(26-33)30-38-25-14-4-2-12-23-36-28-32-18-9-6-10-19-32/h5-10,15-21,26,35-38H,1-4,11-14,22-25,27-30H2. The summed E-state index contributed by atoms with van der Waals surface area (Å²) >= 11 is 0. The highest BCUT2D eigenvalue weighted by Gasteiger charge is 1.98. The van der Waals surface area contributed by atoms with Crippen molar-refractivity contribution < 1.29 is 0 Å². The summed E-state index contributed by atoms with van der Waals surface area (Å²) in [4.78, 5) is 0. The third-order valence-electron chi connectivity index (χ3n) is 6.91. The number of unbranched alkanes of at least 4 members (excludes halogenated alkanes) is 6. The van der Waals surface area contributed by atoms with Crippen molar-refractivity contribution in [1.82, 2.24) is 21.3 Å². The Morgan fingerprint density at radius 1 is 0.316 bits per heavy atom. The summed E-state index contributed by atoms with van der Waals surface area (Å²) < 4.78 is 0. The maximum atomic E-state index is 3.63. The molecule has 0 aliphatic rings. The van der Waals surface area contributed by atoms with Crippen LogP contribution in [0.1, 0.15) is 73.6 Å². The van der Waals surface area contributed by atoms with Gasteiger partial charge in [0.1, 0.15) is 0 Å². The number of hydrogen-bond donors (Lipinski definition) is 4. The monoisotopic (exact) mass is 514 g/mol. The van der Waals surface area contributed by atoms with Crippen molar-refractivity contribution >= 4 is 0 Å². The van der Waals surface area contributed by atoms with E-state index in [1.165, 1.54) is 73.6 Å². The molecule has 4 heteroatoms. The zero-order valence-corrected chi connectivity index (χ0v) is 23.4. The quantitative estimate of drug-likeness (QED) is 0.115. The molecule has 4 N–H and O–H groups in total. The lowest BCUT2D eigenvalue weighted by molar-refractivity contribution is 0.561. The van der Waals surface area contributed by atoms with Gasteiger partial charge in [-0.3, -0.25) is 0 Å². The van der Waals surface area contributed by atoms with E-state index in [1.807, 2.05) is 0 Å². The molecule has 38 heavy (non-hydrogen) atoms. The van der Waals surface area contributed by atoms with Crippen LogP contribution in [0.4, 0.5) is 0 Å². The lowest BCUT2D eigenvalue weighted by Gasteiger charge is -2.09. The van der Waals surface area contributed by atoms with Gasteiger partial charge in [-0.15, -0.1) is 0 Å². The molecule has 0 aromatic heterocycles. The van der Waals surface area contributed by atoms with E-state index in [2.05, 4.69) is 106 Å². The van der Waals surface area contributed by atoms with Gasteiger partial charge in [0.15, 0.2) is 0 Å². The van der Waals surface area contributed by atoms with E-state index >= 15 is 0 Å². The summed E-state index contributed by atoms with van der Waals surface area (Å²) in [6.45, 7) is 8.29. The van der Waals surface area contributed by atoms with Gasteiger partial charge in [0.25, 0.3) is 0 Å². The molecule has 3 aromatic carbocycles. The van der Waals surface area contributed by atoms with Crippen LogP contribution in [0, 0.1) is 0 Å². The maximum absolute atomic E-state index is 3.63. The zero-order valence-electron chi connectivity index (χ0n) is 23.4. The van der Waals surface area contributed by atoms with Crippen LogP contribution >= 0.6 is 0 Å². The van der Waals surface area contributed by atoms with Gasteiger partial charge in [-0.05, 0) is 74.1 Å². The van der Waals surface area contributed by atoms with Gasteiger partial charge in [-0.2, -0.15) is 0 Å². The van der Waals surface area contributed by atoms with Crippen molar-refractivity contribution in [3.63, 3.8) is 0 Å². The summed E-state index contributed by atoms with van der Waals surface area (Å²) in [5.41, 5.74) is 5.51. The van der Waals surface area contributed by atoms with Gasteiger partial charge in [-0.25, -0.2) is 0 Å². The van der Waals surface area contributed by atoms with Crippen LogP contribution in [-0.4, -0.2) is 26.2 Å². The first kappa shape index (κ1) is 30.0. The van der Waals surface area contributed by atoms with E-state index in [-0.39, 0.29) is 0 Å². The van der Waals surface area contributed by atoms with Crippen molar-refractivity contribution in [2.24, 2.45) is 0 Å². The van der Waals surface area contributed by atoms with Crippen molar-refractivity contribution in [3.8, 4) is 0 Å². The highest BCUT2D eigenvalue weighted by atomic mass is 14.9. The van der Waals surface area contributed by atoms with Gasteiger partial charge < -0.3 is 21.3 Å². The molecule has 0 heterocycles. The van der Waals surface area contributed by atoms with Crippen LogP contribution in [0.25, 0.3) is 0 Å². The average molecular weight is 515 g/mol. The molecule has 0 radical (unpaired) electrons. The average Bonchev–Trinajstić information content (AvgIpc) is 2.96. The SMILES string of the molecule is c1ccc(CNCCCCCCNCc2cccc(CNCCCCCCNCc3ccccc3)c2)cc1. The first-order chi connectivity index (χ1) is 18.9. The topological polar surface area (TPSA) is 48.1 Å². The minimum Gasteiger partial charge on any atom is -0.313 e. The van der Waals surface area contributed by atoms with E-state index in [4.69, 9.17) is 0 Å². The smallest absolute Gasteiger partial charge is 0.0205 e. The van der Waals surface area contributed by atoms with E-state index in [0.29, 0.717) is 0 Å². The van der Waals surface area contributed by atoms with Crippen molar-refractivity contribution in [1.29, 1.82) is 0 Å². The molecule has 3 aromatic rings. The second-order valence-electron chi connectivity index (χ2n) is 10.3. The van der Waals surface area contributed by atoms with Crippen LogP contribution < -0.4 is 21.3 Å². The summed E-state index contributed by atoms with van der Waals surface area (Å²) in [5, 5.41) is 14.3. The third-order valence-corrected chi connectivity index (χ3v) is 6.91. The molecular weight excluding hydrogens is 464 g/mol. The molecule has 4 nitrogen and oxygen atoms in total. The number of hydrogen-bond acceptors (Lipinski definition) is 4. The predicted molar refractivity (Wildman–Crippen MR) is 163 cm³/mol. The Labute approximate surface area is 232 Å². The highest BCUT2D eigenvalue weighted by molar-refractivity contribution is 5.23. The van der Waals surface area contributed by atoms with E-state index in [0.717, 1.165) is 52.4 Å². The molecule has 0 bridgehead atoms. The summed E-state index contributed by atoms with van der Waals surface area (Å²) in [6.07, 6.45) is 10.2. The summed E-state index contributed by atoms with van der Waals surface area (Å²) in [6, 6.07) is 30.3. The molecule has 0 saturated heterocycles. The minimum absolute atomic E-state index is 0.963. The zero-order chi connectivity index (χ0) is 26.4. The van der Waals surface area contributed by atoms with Gasteiger partial charge in [0.05, 0.1) is 0 Å². The lowest BCUT2D eigenvalue weighted by Crippen LogP contribution is -2.17. The maximum Gasteiger partial charge on any atom is 0.0205 e. The van der Waals surface area contributed by atoms with E-state index < -0.39 is 0 Å². The van der Waals surface area contributed by atoms with Gasteiger partial charge in [0, 0.05) is 26.2 Å². The first-order valence-electron chi connectivity index (χ1n) is 14.9. The largest absolute Gasteiger partial charge is 0.313 e. The third kappa shape index (κ3) is 14.4. The fourth-order valence-electron chi connectivity index (χ4n) is 4.68. The van der Waals surface area contributed by atoms with Crippen LogP contribution in [0.15, 0.2) is 84.9 Å². The van der Waals surface area contributed by atoms with E-state index in [9.17, 15) is 0 Å². The first-order valence-corrected chi connectivity index (χ1v) is 14.9. The Kier molecular flexibility index (Phi) is 16.2. The summed E-state index contributed by atoms with van der Waals surface area (Å²) in [7, 11) is 0. The number of rotatable bonds is 22. The van der Waals surface area contributed by atoms with Crippen molar-refractivity contribution in [3.05, 3.63) is 107 Å². The normalized spacial score (nSPS) is 11.2. The minimum atomic E-state index is 0.963. The van der Waals surface area contributed by atoms with Gasteiger partial charge >= 0.3 is 0 Å². The number of benzene rings is 3. The molecule has 0 aliphatic heterocycles. The molecule has 206 valence electrons. The molecular formula is C34H50N4. The fourth-order valence-corrected chi connectivity index (χ4v) is 4.68. The second kappa shape index (κ2) is 20.5. The molecule has 0 spiro atoms. The Morgan fingerprint density at radius 3 is 1.00 bits per heavy atom. The molecule has 0 amide bonds. The highest BCUT2D eigenvalue weighted by Crippen LogP contribution is 2.07. The fraction of sp³-hybridized carbons (Fsp3) is 0.471. The van der Waals surface area contributed by atoms with Crippen molar-refractivity contribution in [2.75, 3.05) is 26.2 Å². The molecule has 3 rings (SSSR count). The Morgan fingerprint density at radius 2 is 0.632 bits per heavy atom. The van der Waals surface area contributed by atoms with Crippen LogP contribution in [-0.2, 0) is 26.2 Å². The van der Waals surface area contributed by atoms with Crippen LogP contribution in [0.5, 0.6) is 0 Å². The Hall–Kier alpha value is -2.50. The molecule has 0 aliphatic carbocycles. The molecule has 0 unspecified atom stereocenters. The Balaban J connectivity index is 1.09. The summed E-state index contributed by atoms with van der Waals surface area (Å²) in [5.74, 6) is 0. The number of nitrogens with one attached hydrogen (secondary N) is 4. The molecule has 0 saturated carbocycles. The second-order valence-corrected chi connectivity index (χ2v) is 10.3. The van der Waals surface area contributed by atoms with Crippen LogP contribution in [0.3, 0.4) is 0 Å². The Bertz CT molecular complexity index is 870. The lowest BCUT2D eigenvalue weighted by atomic mass is 10.1. The predicted octanol–water partition coefficient (Wildman–Crippen LogP) is 6.57. The van der Waals surface area contributed by atoms with Gasteiger partial charge in [0.2, 0.25) is 0 Å². The van der Waals surface area contributed by atoms with E-state index in [1.54, 1.807) is 0 Å². The molecule has 0 fully saturated rings. The van der Waals surface area contributed by atoms with Gasteiger partial charge in [-0.1, -0.05) is 111 Å². The van der Waals surface area contributed by atoms with Crippen LogP contribution in [0.2, 0.25) is 0 Å². The molecule has 0 atom stereocenters. The van der Waals surface area contributed by atoms with Crippen molar-refractivity contribution in [2.45, 2.75) is 77.5 Å².